The summed E-state index contributed by atoms with van der Waals surface area (Å²) in [4.78, 5) is 34.1. The molecule has 0 bridgehead atoms. The Hall–Kier alpha value is -3.52. The van der Waals surface area contributed by atoms with Gasteiger partial charge in [-0.05, 0) is 37.6 Å². The lowest BCUT2D eigenvalue weighted by molar-refractivity contribution is -0.116. The second-order valence-corrected chi connectivity index (χ2v) is 7.18. The molecule has 0 atom stereocenters. The van der Waals surface area contributed by atoms with E-state index in [1.54, 1.807) is 18.2 Å². The van der Waals surface area contributed by atoms with Crippen LogP contribution in [0.4, 0.5) is 5.95 Å². The quantitative estimate of drug-likeness (QED) is 0.421. The zero-order valence-electron chi connectivity index (χ0n) is 17.5. The van der Waals surface area contributed by atoms with Gasteiger partial charge < -0.3 is 9.30 Å². The van der Waals surface area contributed by atoms with Crippen LogP contribution in [0.5, 0.6) is 0 Å². The number of aromatic nitrogens is 4. The Labute approximate surface area is 179 Å². The lowest BCUT2D eigenvalue weighted by atomic mass is 10.2. The molecule has 0 aliphatic carbocycles. The van der Waals surface area contributed by atoms with Gasteiger partial charge in [0, 0.05) is 32.7 Å². The van der Waals surface area contributed by atoms with Crippen LogP contribution in [0.3, 0.4) is 0 Å². The van der Waals surface area contributed by atoms with Crippen molar-refractivity contribution >= 4 is 33.8 Å². The Kier molecular flexibility index (Phi) is 6.37. The highest BCUT2D eigenvalue weighted by molar-refractivity contribution is 5.91. The average molecular weight is 419 g/mol. The van der Waals surface area contributed by atoms with Crippen LogP contribution in [0.25, 0.3) is 21.9 Å². The lowest BCUT2D eigenvalue weighted by Crippen LogP contribution is -2.24. The van der Waals surface area contributed by atoms with Gasteiger partial charge in [0.15, 0.2) is 0 Å². The third-order valence-electron chi connectivity index (χ3n) is 5.09. The minimum absolute atomic E-state index is 0.141. The molecule has 4 rings (SSSR count). The fraction of sp³-hybridized carbons (Fsp3) is 0.304. The Balaban J connectivity index is 1.47. The van der Waals surface area contributed by atoms with Crippen LogP contribution < -0.4 is 10.9 Å². The number of nitrogens with zero attached hydrogens (tertiary/aromatic N) is 4. The smallest absolute Gasteiger partial charge is 0.261 e. The predicted molar refractivity (Wildman–Crippen MR) is 120 cm³/mol. The highest BCUT2D eigenvalue weighted by atomic mass is 16.5. The number of hydrogen-bond donors (Lipinski definition) is 1. The van der Waals surface area contributed by atoms with E-state index in [1.807, 2.05) is 41.8 Å². The van der Waals surface area contributed by atoms with Gasteiger partial charge in [-0.1, -0.05) is 24.3 Å². The molecule has 0 unspecified atom stereocenters. The standard InChI is InChI=1S/C23H25N5O3/c1-2-31-15-7-13-28-20-11-6-5-10-19(20)25-23(28)26-21(29)12-14-27-16-24-18-9-4-3-8-17(18)22(27)30/h3-6,8-11,16H,2,7,12-15H2,1H3,(H,25,26,29). The van der Waals surface area contributed by atoms with Crippen LogP contribution in [0.15, 0.2) is 59.7 Å². The van der Waals surface area contributed by atoms with Gasteiger partial charge in [0.25, 0.3) is 5.56 Å². The molecule has 0 spiro atoms. The van der Waals surface area contributed by atoms with Crippen molar-refractivity contribution in [2.45, 2.75) is 32.9 Å². The molecule has 31 heavy (non-hydrogen) atoms. The summed E-state index contributed by atoms with van der Waals surface area (Å²) in [6, 6.07) is 15.0. The van der Waals surface area contributed by atoms with Gasteiger partial charge in [-0.3, -0.25) is 19.5 Å². The summed E-state index contributed by atoms with van der Waals surface area (Å²) in [6.07, 6.45) is 2.44. The number of benzene rings is 2. The molecule has 0 aliphatic heterocycles. The van der Waals surface area contributed by atoms with Crippen LogP contribution in [-0.4, -0.2) is 38.2 Å². The Morgan fingerprint density at radius 2 is 1.84 bits per heavy atom. The lowest BCUT2D eigenvalue weighted by Gasteiger charge is -2.11. The Morgan fingerprint density at radius 1 is 1.06 bits per heavy atom. The minimum atomic E-state index is -0.207. The highest BCUT2D eigenvalue weighted by Gasteiger charge is 2.13. The van der Waals surface area contributed by atoms with Gasteiger partial charge >= 0.3 is 0 Å². The number of carbonyl (C=O) groups excluding carboxylic acids is 1. The van der Waals surface area contributed by atoms with Gasteiger partial charge in [-0.25, -0.2) is 9.97 Å². The number of ether oxygens (including phenoxy) is 1. The number of aryl methyl sites for hydroxylation is 2. The highest BCUT2D eigenvalue weighted by Crippen LogP contribution is 2.20. The second-order valence-electron chi connectivity index (χ2n) is 7.18. The van der Waals surface area contributed by atoms with Crippen molar-refractivity contribution in [2.24, 2.45) is 0 Å². The van der Waals surface area contributed by atoms with Crippen LogP contribution >= 0.6 is 0 Å². The third kappa shape index (κ3) is 4.64. The molecule has 4 aromatic rings. The van der Waals surface area contributed by atoms with Crippen LogP contribution in [0, 0.1) is 0 Å². The molecule has 1 N–H and O–H groups in total. The summed E-state index contributed by atoms with van der Waals surface area (Å²) in [5, 5.41) is 3.45. The topological polar surface area (TPSA) is 91.0 Å². The number of amides is 1. The monoisotopic (exact) mass is 419 g/mol. The maximum Gasteiger partial charge on any atom is 0.261 e. The first-order valence-corrected chi connectivity index (χ1v) is 10.4. The van der Waals surface area contributed by atoms with E-state index in [1.165, 1.54) is 10.9 Å². The molecule has 2 aromatic heterocycles. The van der Waals surface area contributed by atoms with E-state index in [2.05, 4.69) is 15.3 Å². The zero-order valence-corrected chi connectivity index (χ0v) is 17.5. The van der Waals surface area contributed by atoms with E-state index in [0.29, 0.717) is 36.6 Å². The minimum Gasteiger partial charge on any atom is -0.382 e. The van der Waals surface area contributed by atoms with E-state index < -0.39 is 0 Å². The number of nitrogens with one attached hydrogen (secondary N) is 1. The molecule has 8 nitrogen and oxygen atoms in total. The van der Waals surface area contributed by atoms with Crippen molar-refractivity contribution in [2.75, 3.05) is 18.5 Å². The number of hydrogen-bond acceptors (Lipinski definition) is 5. The molecule has 1 amide bonds. The summed E-state index contributed by atoms with van der Waals surface area (Å²) in [5.41, 5.74) is 2.28. The van der Waals surface area contributed by atoms with E-state index in [-0.39, 0.29) is 24.4 Å². The number of imidazole rings is 1. The van der Waals surface area contributed by atoms with Crippen molar-refractivity contribution in [1.82, 2.24) is 19.1 Å². The fourth-order valence-corrected chi connectivity index (χ4v) is 3.54. The molecule has 0 saturated heterocycles. The number of fused-ring (bicyclic) bond motifs is 2. The van der Waals surface area contributed by atoms with Crippen molar-refractivity contribution in [1.29, 1.82) is 0 Å². The van der Waals surface area contributed by atoms with Crippen LogP contribution in [-0.2, 0) is 22.6 Å². The molecular formula is C23H25N5O3. The fourth-order valence-electron chi connectivity index (χ4n) is 3.54. The molecule has 0 fully saturated rings. The first-order valence-electron chi connectivity index (χ1n) is 10.4. The number of rotatable bonds is 9. The summed E-state index contributed by atoms with van der Waals surface area (Å²) < 4.78 is 8.90. The van der Waals surface area contributed by atoms with E-state index in [0.717, 1.165) is 17.5 Å². The molecule has 2 aromatic carbocycles. The van der Waals surface area contributed by atoms with Crippen LogP contribution in [0.1, 0.15) is 19.8 Å². The summed E-state index contributed by atoms with van der Waals surface area (Å²) in [6.45, 7) is 4.22. The van der Waals surface area contributed by atoms with Gasteiger partial charge in [0.1, 0.15) is 0 Å². The molecule has 0 radical (unpaired) electrons. The molecule has 2 heterocycles. The van der Waals surface area contributed by atoms with E-state index >= 15 is 0 Å². The van der Waals surface area contributed by atoms with Crippen molar-refractivity contribution in [3.63, 3.8) is 0 Å². The van der Waals surface area contributed by atoms with Crippen molar-refractivity contribution < 1.29 is 9.53 Å². The number of carbonyl (C=O) groups is 1. The number of anilines is 1. The average Bonchev–Trinajstić information content (AvgIpc) is 3.13. The van der Waals surface area contributed by atoms with Crippen LogP contribution in [0.2, 0.25) is 0 Å². The molecule has 8 heteroatoms. The maximum absolute atomic E-state index is 12.6. The largest absolute Gasteiger partial charge is 0.382 e. The van der Waals surface area contributed by atoms with Gasteiger partial charge in [0.05, 0.1) is 28.3 Å². The maximum atomic E-state index is 12.6. The first-order chi connectivity index (χ1) is 15.2. The normalized spacial score (nSPS) is 11.3. The second kappa shape index (κ2) is 9.53. The van der Waals surface area contributed by atoms with Crippen molar-refractivity contribution in [3.8, 4) is 0 Å². The van der Waals surface area contributed by atoms with Crippen molar-refractivity contribution in [3.05, 3.63) is 65.2 Å². The van der Waals surface area contributed by atoms with Gasteiger partial charge in [0.2, 0.25) is 11.9 Å². The Morgan fingerprint density at radius 3 is 2.68 bits per heavy atom. The summed E-state index contributed by atoms with van der Waals surface area (Å²) >= 11 is 0. The van der Waals surface area contributed by atoms with E-state index in [4.69, 9.17) is 4.74 Å². The summed E-state index contributed by atoms with van der Waals surface area (Å²) in [5.74, 6) is 0.299. The molecule has 160 valence electrons. The third-order valence-corrected chi connectivity index (χ3v) is 5.09. The molecular weight excluding hydrogens is 394 g/mol. The van der Waals surface area contributed by atoms with E-state index in [9.17, 15) is 9.59 Å². The SMILES string of the molecule is CCOCCCn1c(NC(=O)CCn2cnc3ccccc3c2=O)nc2ccccc21. The van der Waals surface area contributed by atoms with Gasteiger partial charge in [-0.15, -0.1) is 0 Å². The first kappa shape index (κ1) is 20.7. The molecule has 0 saturated carbocycles. The number of para-hydroxylation sites is 3. The predicted octanol–water partition coefficient (Wildman–Crippen LogP) is 3.20. The van der Waals surface area contributed by atoms with Gasteiger partial charge in [-0.2, -0.15) is 0 Å². The Bertz CT molecular complexity index is 1260. The molecule has 0 aliphatic rings. The zero-order chi connectivity index (χ0) is 21.6. The summed E-state index contributed by atoms with van der Waals surface area (Å²) in [7, 11) is 0.